The van der Waals surface area contributed by atoms with Crippen LogP contribution in [0.1, 0.15) is 22.7 Å². The van der Waals surface area contributed by atoms with Gasteiger partial charge in [-0.1, -0.05) is 12.1 Å². The number of benzene rings is 1. The summed E-state index contributed by atoms with van der Waals surface area (Å²) in [6.45, 7) is 0.0874. The summed E-state index contributed by atoms with van der Waals surface area (Å²) in [5.74, 6) is 0. The molecule has 174 valence electrons. The van der Waals surface area contributed by atoms with Gasteiger partial charge in [0, 0.05) is 30.4 Å². The van der Waals surface area contributed by atoms with Crippen LogP contribution in [-0.4, -0.2) is 45.6 Å². The van der Waals surface area contributed by atoms with Gasteiger partial charge in [0.2, 0.25) is 0 Å². The Morgan fingerprint density at radius 2 is 1.91 bits per heavy atom. The van der Waals surface area contributed by atoms with Crippen LogP contribution in [-0.2, 0) is 24.2 Å². The van der Waals surface area contributed by atoms with E-state index >= 15 is 0 Å². The van der Waals surface area contributed by atoms with Crippen molar-refractivity contribution in [2.24, 2.45) is 0 Å². The summed E-state index contributed by atoms with van der Waals surface area (Å²) >= 11 is 2.84. The Hall–Kier alpha value is -1.99. The van der Waals surface area contributed by atoms with Crippen molar-refractivity contribution in [1.82, 2.24) is 9.97 Å². The molecule has 0 spiro atoms. The molecule has 12 heteroatoms. The lowest BCUT2D eigenvalue weighted by Crippen LogP contribution is -1.98. The van der Waals surface area contributed by atoms with Gasteiger partial charge in [0.25, 0.3) is 0 Å². The predicted molar refractivity (Wildman–Crippen MR) is 122 cm³/mol. The van der Waals surface area contributed by atoms with Crippen molar-refractivity contribution in [3.8, 4) is 10.6 Å². The van der Waals surface area contributed by atoms with E-state index in [-0.39, 0.29) is 36.3 Å². The molecule has 0 bridgehead atoms. The van der Waals surface area contributed by atoms with Gasteiger partial charge in [-0.2, -0.15) is 13.2 Å². The largest absolute Gasteiger partial charge is 0.446 e. The number of thioether (sulfide) groups is 1. The Morgan fingerprint density at radius 3 is 2.44 bits per heavy atom. The van der Waals surface area contributed by atoms with E-state index in [1.807, 2.05) is 12.4 Å². The van der Waals surface area contributed by atoms with Crippen molar-refractivity contribution in [1.29, 1.82) is 0 Å². The maximum Gasteiger partial charge on any atom is 0.446 e. The highest BCUT2D eigenvalue weighted by Gasteiger charge is 2.28. The number of nitrogens with one attached hydrogen (secondary N) is 1. The summed E-state index contributed by atoms with van der Waals surface area (Å²) in [6.07, 6.45) is 2.32. The summed E-state index contributed by atoms with van der Waals surface area (Å²) in [6, 6.07) is 5.75. The molecule has 2 aromatic heterocycles. The number of aldehydes is 1. The van der Waals surface area contributed by atoms with Crippen LogP contribution in [0.15, 0.2) is 34.5 Å². The molecule has 3 rings (SSSR count). The number of thiazole rings is 2. The molecule has 0 radical (unpaired) electrons. The second-order valence-electron chi connectivity index (χ2n) is 6.22. The van der Waals surface area contributed by atoms with E-state index in [1.165, 1.54) is 46.9 Å². The third-order valence-electron chi connectivity index (χ3n) is 3.88. The average molecular weight is 506 g/mol. The quantitative estimate of drug-likeness (QED) is 0.285. The summed E-state index contributed by atoms with van der Waals surface area (Å²) in [4.78, 5) is 20.1. The van der Waals surface area contributed by atoms with Gasteiger partial charge in [-0.3, -0.25) is 0 Å². The van der Waals surface area contributed by atoms with E-state index in [9.17, 15) is 18.0 Å². The number of aryl methyl sites for hydroxylation is 1. The number of rotatable bonds is 9. The number of aliphatic hydroxyl groups is 2. The molecule has 0 fully saturated rings. The first-order valence-electron chi connectivity index (χ1n) is 9.41. The molecular weight excluding hydrogens is 483 g/mol. The zero-order valence-electron chi connectivity index (χ0n) is 17.1. The topological polar surface area (TPSA) is 95.3 Å². The fourth-order valence-corrected chi connectivity index (χ4v) is 4.71. The van der Waals surface area contributed by atoms with Crippen molar-refractivity contribution in [2.75, 3.05) is 19.0 Å². The molecule has 0 aliphatic heterocycles. The molecule has 2 heterocycles. The van der Waals surface area contributed by atoms with Gasteiger partial charge < -0.3 is 20.3 Å². The monoisotopic (exact) mass is 505 g/mol. The molecule has 0 amide bonds. The second-order valence-corrected chi connectivity index (χ2v) is 9.30. The molecule has 1 aromatic carbocycles. The molecule has 0 atom stereocenters. The predicted octanol–water partition coefficient (Wildman–Crippen LogP) is 4.77. The molecule has 0 aliphatic rings. The molecule has 0 unspecified atom stereocenters. The summed E-state index contributed by atoms with van der Waals surface area (Å²) < 4.78 is 35.7. The van der Waals surface area contributed by atoms with Crippen LogP contribution in [0.4, 0.5) is 18.3 Å². The number of nitrogens with zero attached hydrogens (tertiary/aromatic N) is 2. The average Bonchev–Trinajstić information content (AvgIpc) is 3.40. The third kappa shape index (κ3) is 8.51. The minimum Gasteiger partial charge on any atom is -0.396 e. The standard InChI is InChI=1S/C11H15N3O2S2.C9H7F3OS/c1-12-11-14-8(6-17-11)10-7(3-2-4-15)13-9(5-16)18-10;10-9(11,12)14-8-3-1-7(2-4-8)5-6-13/h6,15-16H,2-5H2,1H3,(H,12,14);1-4,6H,5H2. The van der Waals surface area contributed by atoms with Gasteiger partial charge in [-0.15, -0.1) is 22.7 Å². The Morgan fingerprint density at radius 1 is 1.19 bits per heavy atom. The van der Waals surface area contributed by atoms with Crippen molar-refractivity contribution in [2.45, 2.75) is 36.3 Å². The Labute approximate surface area is 195 Å². The molecule has 0 saturated heterocycles. The van der Waals surface area contributed by atoms with Crippen LogP contribution in [0.25, 0.3) is 10.6 Å². The maximum atomic E-state index is 11.9. The Bertz CT molecular complexity index is 976. The van der Waals surface area contributed by atoms with Gasteiger partial charge in [-0.25, -0.2) is 9.97 Å². The molecule has 3 N–H and O–H groups in total. The van der Waals surface area contributed by atoms with E-state index in [2.05, 4.69) is 15.3 Å². The van der Waals surface area contributed by atoms with Crippen LogP contribution in [0.3, 0.4) is 0 Å². The molecule has 0 aliphatic carbocycles. The van der Waals surface area contributed by atoms with Gasteiger partial charge in [0.05, 0.1) is 22.9 Å². The summed E-state index contributed by atoms with van der Waals surface area (Å²) in [5.41, 5.74) is -1.75. The number of aliphatic hydroxyl groups excluding tert-OH is 2. The fraction of sp³-hybridized carbons (Fsp3) is 0.350. The minimum atomic E-state index is -4.26. The number of halogens is 3. The summed E-state index contributed by atoms with van der Waals surface area (Å²) in [7, 11) is 1.83. The molecule has 32 heavy (non-hydrogen) atoms. The first-order chi connectivity index (χ1) is 15.3. The van der Waals surface area contributed by atoms with E-state index < -0.39 is 5.51 Å². The van der Waals surface area contributed by atoms with Crippen LogP contribution in [0, 0.1) is 0 Å². The fourth-order valence-electron chi connectivity index (χ4n) is 2.50. The number of anilines is 1. The van der Waals surface area contributed by atoms with E-state index in [0.29, 0.717) is 29.7 Å². The van der Waals surface area contributed by atoms with Crippen molar-refractivity contribution >= 4 is 45.9 Å². The first kappa shape index (κ1) is 26.3. The third-order valence-corrected chi connectivity index (χ3v) is 6.58. The highest BCUT2D eigenvalue weighted by Crippen LogP contribution is 2.36. The molecular formula is C20H22F3N3O3S3. The normalized spacial score (nSPS) is 11.1. The SMILES string of the molecule is CNc1nc(-c2sc(CO)nc2CCCO)cs1.O=CCc1ccc(SC(F)(F)F)cc1. The molecule has 3 aromatic rings. The number of aromatic nitrogens is 2. The van der Waals surface area contributed by atoms with E-state index in [4.69, 9.17) is 10.2 Å². The Balaban J connectivity index is 0.000000235. The maximum absolute atomic E-state index is 11.9. The zero-order valence-corrected chi connectivity index (χ0v) is 19.5. The van der Waals surface area contributed by atoms with Crippen molar-refractivity contribution < 1.29 is 28.2 Å². The van der Waals surface area contributed by atoms with Crippen LogP contribution >= 0.6 is 34.4 Å². The van der Waals surface area contributed by atoms with E-state index in [1.54, 1.807) is 0 Å². The second kappa shape index (κ2) is 12.9. The van der Waals surface area contributed by atoms with Gasteiger partial charge in [-0.05, 0) is 42.3 Å². The lowest BCUT2D eigenvalue weighted by molar-refractivity contribution is -0.107. The highest BCUT2D eigenvalue weighted by molar-refractivity contribution is 8.00. The van der Waals surface area contributed by atoms with Crippen LogP contribution in [0.2, 0.25) is 0 Å². The van der Waals surface area contributed by atoms with Crippen molar-refractivity contribution in [3.05, 3.63) is 45.9 Å². The molecule has 6 nitrogen and oxygen atoms in total. The first-order valence-corrected chi connectivity index (χ1v) is 11.9. The number of hydrogen-bond acceptors (Lipinski definition) is 9. The minimum absolute atomic E-state index is 0.0557. The lowest BCUT2D eigenvalue weighted by atomic mass is 10.2. The smallest absolute Gasteiger partial charge is 0.396 e. The number of hydrogen-bond donors (Lipinski definition) is 3. The number of alkyl halides is 3. The van der Waals surface area contributed by atoms with Crippen LogP contribution < -0.4 is 5.32 Å². The lowest BCUT2D eigenvalue weighted by Gasteiger charge is -2.05. The summed E-state index contributed by atoms with van der Waals surface area (Å²) in [5, 5.41) is 24.6. The zero-order chi connectivity index (χ0) is 23.6. The number of carbonyl (C=O) groups excluding carboxylic acids is 1. The molecule has 0 saturated carbocycles. The number of carbonyl (C=O) groups is 1. The Kier molecular flexibility index (Phi) is 10.6. The highest BCUT2D eigenvalue weighted by atomic mass is 32.2. The van der Waals surface area contributed by atoms with Crippen LogP contribution in [0.5, 0.6) is 0 Å². The van der Waals surface area contributed by atoms with Gasteiger partial charge >= 0.3 is 5.51 Å². The van der Waals surface area contributed by atoms with E-state index in [0.717, 1.165) is 21.4 Å². The van der Waals surface area contributed by atoms with Crippen molar-refractivity contribution in [3.63, 3.8) is 0 Å². The van der Waals surface area contributed by atoms with Gasteiger partial charge in [0.1, 0.15) is 11.3 Å². The van der Waals surface area contributed by atoms with Gasteiger partial charge in [0.15, 0.2) is 5.13 Å².